The molecule has 1 rings (SSSR count). The summed E-state index contributed by atoms with van der Waals surface area (Å²) in [4.78, 5) is 12.0. The van der Waals surface area contributed by atoms with Crippen molar-refractivity contribution < 1.29 is 9.53 Å². The third-order valence-electron chi connectivity index (χ3n) is 2.50. The maximum atomic E-state index is 12.0. The predicted octanol–water partition coefficient (Wildman–Crippen LogP) is 3.34. The zero-order valence-corrected chi connectivity index (χ0v) is 12.2. The van der Waals surface area contributed by atoms with Crippen molar-refractivity contribution in [2.24, 2.45) is 5.41 Å². The van der Waals surface area contributed by atoms with Gasteiger partial charge in [0.15, 0.2) is 0 Å². The van der Waals surface area contributed by atoms with E-state index < -0.39 is 0 Å². The van der Waals surface area contributed by atoms with Crippen LogP contribution >= 0.6 is 23.2 Å². The molecule has 0 heterocycles. The molecule has 0 spiro atoms. The molecule has 0 unspecified atom stereocenters. The number of ether oxygens (including phenoxy) is 1. The summed E-state index contributed by atoms with van der Waals surface area (Å²) in [5.41, 5.74) is 0.276. The van der Waals surface area contributed by atoms with Crippen LogP contribution in [0.5, 0.6) is 5.75 Å². The molecule has 0 aliphatic rings. The molecule has 0 aliphatic carbocycles. The van der Waals surface area contributed by atoms with Crippen molar-refractivity contribution in [3.8, 4) is 5.75 Å². The molecule has 1 aromatic carbocycles. The smallest absolute Gasteiger partial charge is 0.255 e. The fourth-order valence-electron chi connectivity index (χ4n) is 1.32. The van der Waals surface area contributed by atoms with Gasteiger partial charge in [0.2, 0.25) is 0 Å². The summed E-state index contributed by atoms with van der Waals surface area (Å²) in [5, 5.41) is 3.33. The topological polar surface area (TPSA) is 38.3 Å². The summed E-state index contributed by atoms with van der Waals surface area (Å²) < 4.78 is 5.13. The van der Waals surface area contributed by atoms with Crippen LogP contribution in [0.1, 0.15) is 24.2 Å². The monoisotopic (exact) mass is 289 g/mol. The molecule has 0 bridgehead atoms. The number of rotatable bonds is 5. The van der Waals surface area contributed by atoms with E-state index in [1.165, 1.54) is 7.11 Å². The molecular weight excluding hydrogens is 273 g/mol. The fraction of sp³-hybridized carbons (Fsp3) is 0.462. The largest absolute Gasteiger partial charge is 0.496 e. The van der Waals surface area contributed by atoms with Gasteiger partial charge in [-0.2, -0.15) is 0 Å². The highest BCUT2D eigenvalue weighted by molar-refractivity contribution is 6.31. The molecular formula is C13H17Cl2NO2. The van der Waals surface area contributed by atoms with Gasteiger partial charge in [0, 0.05) is 17.4 Å². The quantitative estimate of drug-likeness (QED) is 0.845. The third-order valence-corrected chi connectivity index (χ3v) is 3.45. The molecule has 1 amide bonds. The summed E-state index contributed by atoms with van der Waals surface area (Å²) in [6.07, 6.45) is 0. The Kier molecular flexibility index (Phi) is 5.29. The van der Waals surface area contributed by atoms with Gasteiger partial charge in [-0.15, -0.1) is 11.6 Å². The zero-order chi connectivity index (χ0) is 13.8. The van der Waals surface area contributed by atoms with Crippen LogP contribution < -0.4 is 10.1 Å². The maximum absolute atomic E-state index is 12.0. The second kappa shape index (κ2) is 6.30. The Balaban J connectivity index is 2.81. The van der Waals surface area contributed by atoms with Crippen LogP contribution in [0.15, 0.2) is 18.2 Å². The van der Waals surface area contributed by atoms with E-state index in [-0.39, 0.29) is 11.3 Å². The van der Waals surface area contributed by atoms with Crippen molar-refractivity contribution >= 4 is 29.1 Å². The Morgan fingerprint density at radius 2 is 2.11 bits per heavy atom. The molecule has 0 saturated carbocycles. The number of amides is 1. The lowest BCUT2D eigenvalue weighted by molar-refractivity contribution is 0.0937. The number of hydrogen-bond acceptors (Lipinski definition) is 2. The Morgan fingerprint density at radius 1 is 1.44 bits per heavy atom. The van der Waals surface area contributed by atoms with Crippen molar-refractivity contribution in [3.05, 3.63) is 28.8 Å². The molecule has 0 fully saturated rings. The van der Waals surface area contributed by atoms with Crippen molar-refractivity contribution in [3.63, 3.8) is 0 Å². The van der Waals surface area contributed by atoms with E-state index >= 15 is 0 Å². The normalized spacial score (nSPS) is 11.2. The molecule has 5 heteroatoms. The van der Waals surface area contributed by atoms with Gasteiger partial charge < -0.3 is 10.1 Å². The van der Waals surface area contributed by atoms with Crippen molar-refractivity contribution in [1.29, 1.82) is 0 Å². The molecule has 0 radical (unpaired) electrons. The number of carbonyl (C=O) groups is 1. The molecule has 0 aliphatic heterocycles. The van der Waals surface area contributed by atoms with E-state index in [9.17, 15) is 4.79 Å². The van der Waals surface area contributed by atoms with Crippen LogP contribution in [-0.4, -0.2) is 25.4 Å². The van der Waals surface area contributed by atoms with E-state index in [0.717, 1.165) is 0 Å². The van der Waals surface area contributed by atoms with E-state index in [1.807, 2.05) is 13.8 Å². The number of halogens is 2. The van der Waals surface area contributed by atoms with Gasteiger partial charge in [-0.1, -0.05) is 25.4 Å². The maximum Gasteiger partial charge on any atom is 0.255 e. The van der Waals surface area contributed by atoms with Gasteiger partial charge in [-0.3, -0.25) is 4.79 Å². The Hall–Kier alpha value is -0.930. The minimum Gasteiger partial charge on any atom is -0.496 e. The summed E-state index contributed by atoms with van der Waals surface area (Å²) >= 11 is 11.7. The molecule has 3 nitrogen and oxygen atoms in total. The highest BCUT2D eigenvalue weighted by Gasteiger charge is 2.19. The van der Waals surface area contributed by atoms with Crippen molar-refractivity contribution in [2.45, 2.75) is 13.8 Å². The van der Waals surface area contributed by atoms with Gasteiger partial charge in [-0.05, 0) is 23.6 Å². The van der Waals surface area contributed by atoms with Crippen molar-refractivity contribution in [2.75, 3.05) is 19.5 Å². The lowest BCUT2D eigenvalue weighted by Gasteiger charge is -2.22. The Labute approximate surface area is 117 Å². The minimum atomic E-state index is -0.215. The van der Waals surface area contributed by atoms with Crippen molar-refractivity contribution in [1.82, 2.24) is 5.32 Å². The number of carbonyl (C=O) groups excluding carboxylic acids is 1. The Bertz CT molecular complexity index is 433. The van der Waals surface area contributed by atoms with E-state index in [4.69, 9.17) is 27.9 Å². The van der Waals surface area contributed by atoms with Crippen LogP contribution in [0, 0.1) is 5.41 Å². The molecule has 18 heavy (non-hydrogen) atoms. The fourth-order valence-corrected chi connectivity index (χ4v) is 1.59. The second-order valence-corrected chi connectivity index (χ2v) is 5.53. The number of hydrogen-bond donors (Lipinski definition) is 1. The van der Waals surface area contributed by atoms with Crippen LogP contribution in [0.3, 0.4) is 0 Å². The summed E-state index contributed by atoms with van der Waals surface area (Å²) in [7, 11) is 1.52. The van der Waals surface area contributed by atoms with Gasteiger partial charge in [-0.25, -0.2) is 0 Å². The van der Waals surface area contributed by atoms with Crippen LogP contribution in [0.2, 0.25) is 5.02 Å². The molecule has 1 N–H and O–H groups in total. The summed E-state index contributed by atoms with van der Waals surface area (Å²) in [6, 6.07) is 4.94. The van der Waals surface area contributed by atoms with Gasteiger partial charge in [0.1, 0.15) is 5.75 Å². The summed E-state index contributed by atoms with van der Waals surface area (Å²) in [6.45, 7) is 4.45. The minimum absolute atomic E-state index is 0.150. The second-order valence-electron chi connectivity index (χ2n) is 4.83. The van der Waals surface area contributed by atoms with Crippen LogP contribution in [0.25, 0.3) is 0 Å². The van der Waals surface area contributed by atoms with Crippen LogP contribution in [-0.2, 0) is 0 Å². The summed E-state index contributed by atoms with van der Waals surface area (Å²) in [5.74, 6) is 0.757. The van der Waals surface area contributed by atoms with Gasteiger partial charge in [0.05, 0.1) is 12.7 Å². The molecule has 0 aromatic heterocycles. The first-order valence-electron chi connectivity index (χ1n) is 5.57. The zero-order valence-electron chi connectivity index (χ0n) is 10.7. The van der Waals surface area contributed by atoms with E-state index in [2.05, 4.69) is 5.32 Å². The first kappa shape index (κ1) is 15.1. The average molecular weight is 290 g/mol. The number of benzene rings is 1. The average Bonchev–Trinajstić information content (AvgIpc) is 2.36. The number of alkyl halides is 1. The molecule has 1 aromatic rings. The molecule has 0 atom stereocenters. The molecule has 0 saturated heterocycles. The molecule has 100 valence electrons. The lowest BCUT2D eigenvalue weighted by Crippen LogP contribution is -2.35. The highest BCUT2D eigenvalue weighted by Crippen LogP contribution is 2.23. The third kappa shape index (κ3) is 4.07. The van der Waals surface area contributed by atoms with Gasteiger partial charge >= 0.3 is 0 Å². The first-order valence-corrected chi connectivity index (χ1v) is 6.48. The van der Waals surface area contributed by atoms with Gasteiger partial charge in [0.25, 0.3) is 5.91 Å². The predicted molar refractivity (Wildman–Crippen MR) is 74.8 cm³/mol. The standard InChI is InChI=1S/C13H17Cl2NO2/c1-13(2,7-14)8-16-12(17)10-6-9(15)4-5-11(10)18-3/h4-6H,7-8H2,1-3H3,(H,16,17). The SMILES string of the molecule is COc1ccc(Cl)cc1C(=O)NCC(C)(C)CCl. The van der Waals surface area contributed by atoms with Crippen LogP contribution in [0.4, 0.5) is 0 Å². The first-order chi connectivity index (χ1) is 8.39. The van der Waals surface area contributed by atoms with E-state index in [0.29, 0.717) is 28.8 Å². The Morgan fingerprint density at radius 3 is 2.67 bits per heavy atom. The number of nitrogens with one attached hydrogen (secondary N) is 1. The van der Waals surface area contributed by atoms with E-state index in [1.54, 1.807) is 18.2 Å². The highest BCUT2D eigenvalue weighted by atomic mass is 35.5. The number of methoxy groups -OCH3 is 1. The lowest BCUT2D eigenvalue weighted by atomic mass is 9.96.